The van der Waals surface area contributed by atoms with Crippen LogP contribution in [0.4, 0.5) is 5.69 Å². The number of nitrogens with two attached hydrogens (primary N) is 2. The number of amides is 1. The lowest BCUT2D eigenvalue weighted by Gasteiger charge is -1.96. The lowest BCUT2D eigenvalue weighted by Crippen LogP contribution is -2.11. The molecule has 1 aromatic carbocycles. The molecule has 0 aliphatic heterocycles. The van der Waals surface area contributed by atoms with Crippen LogP contribution < -0.4 is 11.5 Å². The Hall–Kier alpha value is -1.97. The molecule has 0 aliphatic carbocycles. The minimum Gasteiger partial charge on any atom is -0.397 e. The Labute approximate surface area is 74.5 Å². The van der Waals surface area contributed by atoms with Gasteiger partial charge in [0, 0.05) is 11.6 Å². The number of anilines is 1. The Morgan fingerprint density at radius 3 is 2.92 bits per heavy atom. The van der Waals surface area contributed by atoms with E-state index in [1.807, 2.05) is 0 Å². The second kappa shape index (κ2) is 2.52. The third-order valence-corrected chi connectivity index (χ3v) is 1.94. The van der Waals surface area contributed by atoms with Crippen LogP contribution in [-0.2, 0) is 0 Å². The van der Waals surface area contributed by atoms with E-state index in [0.29, 0.717) is 16.8 Å². The predicted octanol–water partition coefficient (Wildman–Crippen LogP) is 0.649. The minimum atomic E-state index is -0.483. The number of rotatable bonds is 1. The van der Waals surface area contributed by atoms with Crippen molar-refractivity contribution in [1.29, 1.82) is 0 Å². The summed E-state index contributed by atoms with van der Waals surface area (Å²) < 4.78 is 0. The maximum atomic E-state index is 11.0. The average Bonchev–Trinajstić information content (AvgIpc) is 2.48. The van der Waals surface area contributed by atoms with Gasteiger partial charge in [0.15, 0.2) is 0 Å². The molecule has 4 heteroatoms. The summed E-state index contributed by atoms with van der Waals surface area (Å²) in [6.45, 7) is 0. The lowest BCUT2D eigenvalue weighted by molar-refractivity contribution is 0.100. The molecule has 0 saturated heterocycles. The molecule has 1 amide bonds. The fraction of sp³-hybridized carbons (Fsp3) is 0. The van der Waals surface area contributed by atoms with Crippen molar-refractivity contribution in [3.05, 3.63) is 30.0 Å². The Balaban J connectivity index is 2.84. The first-order chi connectivity index (χ1) is 6.20. The maximum Gasteiger partial charge on any atom is 0.250 e. The minimum absolute atomic E-state index is 0.411. The highest BCUT2D eigenvalue weighted by molar-refractivity contribution is 6.07. The number of primary amides is 1. The molecule has 1 aromatic heterocycles. The normalized spacial score (nSPS) is 10.5. The van der Waals surface area contributed by atoms with Crippen LogP contribution in [0.1, 0.15) is 10.4 Å². The van der Waals surface area contributed by atoms with Crippen molar-refractivity contribution in [3.8, 4) is 0 Å². The summed E-state index contributed by atoms with van der Waals surface area (Å²) in [5, 5.41) is 0.774. The number of carbonyl (C=O) groups is 1. The number of carbonyl (C=O) groups excluding carboxylic acids is 1. The van der Waals surface area contributed by atoms with Crippen molar-refractivity contribution >= 4 is 22.5 Å². The topological polar surface area (TPSA) is 84.9 Å². The van der Waals surface area contributed by atoms with E-state index >= 15 is 0 Å². The zero-order valence-corrected chi connectivity index (χ0v) is 6.79. The standard InChI is InChI=1S/C9H8N3O/c10-7-4-12-8-5(7)2-1-3-6(8)9(11)13/h2-4,12H,10H2,(H2,11,13). The molecule has 2 rings (SSSR count). The molecule has 4 nitrogen and oxygen atoms in total. The van der Waals surface area contributed by atoms with E-state index in [2.05, 4.69) is 11.1 Å². The first-order valence-electron chi connectivity index (χ1n) is 3.76. The molecule has 65 valence electrons. The molecule has 0 atom stereocenters. The molecule has 0 fully saturated rings. The van der Waals surface area contributed by atoms with Gasteiger partial charge in [-0.2, -0.15) is 0 Å². The Kier molecular flexibility index (Phi) is 1.48. The number of hydrogen-bond donors (Lipinski definition) is 3. The first kappa shape index (κ1) is 7.67. The van der Waals surface area contributed by atoms with Gasteiger partial charge in [0.05, 0.1) is 16.8 Å². The molecule has 0 saturated carbocycles. The summed E-state index contributed by atoms with van der Waals surface area (Å²) in [5.74, 6) is -0.483. The molecule has 0 unspecified atom stereocenters. The summed E-state index contributed by atoms with van der Waals surface area (Å²) >= 11 is 0. The second-order valence-corrected chi connectivity index (χ2v) is 2.77. The number of aromatic nitrogens is 1. The highest BCUT2D eigenvalue weighted by Gasteiger charge is 2.08. The lowest BCUT2D eigenvalue weighted by atomic mass is 10.1. The number of benzene rings is 1. The third kappa shape index (κ3) is 1.03. The third-order valence-electron chi connectivity index (χ3n) is 1.94. The van der Waals surface area contributed by atoms with E-state index in [-0.39, 0.29) is 0 Å². The van der Waals surface area contributed by atoms with Gasteiger partial charge >= 0.3 is 0 Å². The first-order valence-corrected chi connectivity index (χ1v) is 3.76. The van der Waals surface area contributed by atoms with E-state index in [0.717, 1.165) is 5.39 Å². The van der Waals surface area contributed by atoms with Gasteiger partial charge in [0.1, 0.15) is 0 Å². The van der Waals surface area contributed by atoms with E-state index in [9.17, 15) is 4.79 Å². The predicted molar refractivity (Wildman–Crippen MR) is 50.1 cm³/mol. The van der Waals surface area contributed by atoms with Crippen LogP contribution >= 0.6 is 0 Å². The molecular weight excluding hydrogens is 166 g/mol. The Morgan fingerprint density at radius 2 is 2.23 bits per heavy atom. The molecule has 1 heterocycles. The number of nitrogen functional groups attached to an aromatic ring is 1. The van der Waals surface area contributed by atoms with Crippen molar-refractivity contribution in [3.63, 3.8) is 0 Å². The molecule has 0 aliphatic rings. The van der Waals surface area contributed by atoms with Gasteiger partial charge in [-0.15, -0.1) is 0 Å². The van der Waals surface area contributed by atoms with Gasteiger partial charge in [-0.05, 0) is 18.2 Å². The quantitative estimate of drug-likeness (QED) is 0.593. The Bertz CT molecular complexity index is 473. The summed E-state index contributed by atoms with van der Waals surface area (Å²) in [6.07, 6.45) is 1.63. The second-order valence-electron chi connectivity index (χ2n) is 2.77. The summed E-state index contributed by atoms with van der Waals surface area (Å²) in [6, 6.07) is 6.07. The van der Waals surface area contributed by atoms with Crippen LogP contribution in [0.25, 0.3) is 10.9 Å². The van der Waals surface area contributed by atoms with E-state index < -0.39 is 5.91 Å². The summed E-state index contributed by atoms with van der Waals surface area (Å²) in [4.78, 5) is 13.9. The van der Waals surface area contributed by atoms with Gasteiger partial charge in [-0.1, -0.05) is 0 Å². The summed E-state index contributed by atoms with van der Waals surface area (Å²) in [7, 11) is 0. The SMILES string of the molecule is NC(=O)c1c[c]cc2c(N)c[nH]c12. The number of hydrogen-bond acceptors (Lipinski definition) is 2. The summed E-state index contributed by atoms with van der Waals surface area (Å²) in [5.41, 5.74) is 12.5. The molecular formula is C9H8N3O. The highest BCUT2D eigenvalue weighted by atomic mass is 16.1. The molecule has 0 spiro atoms. The monoisotopic (exact) mass is 174 g/mol. The fourth-order valence-electron chi connectivity index (χ4n) is 1.30. The van der Waals surface area contributed by atoms with Gasteiger partial charge < -0.3 is 16.5 Å². The van der Waals surface area contributed by atoms with Crippen molar-refractivity contribution in [2.75, 3.05) is 5.73 Å². The average molecular weight is 174 g/mol. The van der Waals surface area contributed by atoms with Gasteiger partial charge in [0.2, 0.25) is 0 Å². The number of nitrogens with one attached hydrogen (secondary N) is 1. The number of aromatic amines is 1. The van der Waals surface area contributed by atoms with Crippen molar-refractivity contribution in [2.45, 2.75) is 0 Å². The fourth-order valence-corrected chi connectivity index (χ4v) is 1.30. The molecule has 13 heavy (non-hydrogen) atoms. The van der Waals surface area contributed by atoms with Crippen LogP contribution in [0.2, 0.25) is 0 Å². The van der Waals surface area contributed by atoms with Crippen LogP contribution in [-0.4, -0.2) is 10.9 Å². The van der Waals surface area contributed by atoms with Crippen LogP contribution in [0.5, 0.6) is 0 Å². The van der Waals surface area contributed by atoms with Crippen molar-refractivity contribution < 1.29 is 4.79 Å². The zero-order valence-electron chi connectivity index (χ0n) is 6.79. The van der Waals surface area contributed by atoms with E-state index in [4.69, 9.17) is 11.5 Å². The van der Waals surface area contributed by atoms with Crippen molar-refractivity contribution in [2.24, 2.45) is 5.73 Å². The molecule has 5 N–H and O–H groups in total. The van der Waals surface area contributed by atoms with E-state index in [1.54, 1.807) is 18.3 Å². The van der Waals surface area contributed by atoms with Gasteiger partial charge in [-0.3, -0.25) is 4.79 Å². The molecule has 2 aromatic rings. The van der Waals surface area contributed by atoms with E-state index in [1.165, 1.54) is 0 Å². The highest BCUT2D eigenvalue weighted by Crippen LogP contribution is 2.22. The maximum absolute atomic E-state index is 11.0. The largest absolute Gasteiger partial charge is 0.397 e. The van der Waals surface area contributed by atoms with Crippen LogP contribution in [0, 0.1) is 6.07 Å². The molecule has 0 bridgehead atoms. The zero-order chi connectivity index (χ0) is 9.42. The smallest absolute Gasteiger partial charge is 0.250 e. The number of fused-ring (bicyclic) bond motifs is 1. The van der Waals surface area contributed by atoms with Crippen LogP contribution in [0.3, 0.4) is 0 Å². The Morgan fingerprint density at radius 1 is 1.46 bits per heavy atom. The van der Waals surface area contributed by atoms with Gasteiger partial charge in [-0.25, -0.2) is 0 Å². The van der Waals surface area contributed by atoms with Crippen molar-refractivity contribution in [1.82, 2.24) is 4.98 Å². The van der Waals surface area contributed by atoms with Gasteiger partial charge in [0.25, 0.3) is 5.91 Å². The number of H-pyrrole nitrogens is 1. The molecule has 1 radical (unpaired) electrons. The van der Waals surface area contributed by atoms with Crippen LogP contribution in [0.15, 0.2) is 18.3 Å².